The van der Waals surface area contributed by atoms with E-state index in [0.29, 0.717) is 18.7 Å². The SMILES string of the molecule is Cn1cc(S(=O)(=O)N2CCC(C(=O)Nc3ccc(Br)cn3)CC2)c(=O)n(C)c1=O. The summed E-state index contributed by atoms with van der Waals surface area (Å²) in [7, 11) is -1.46. The minimum absolute atomic E-state index is 0.0974. The van der Waals surface area contributed by atoms with Gasteiger partial charge in [0.15, 0.2) is 4.90 Å². The molecule has 29 heavy (non-hydrogen) atoms. The Labute approximate surface area is 175 Å². The van der Waals surface area contributed by atoms with Crippen LogP contribution in [-0.2, 0) is 28.9 Å². The van der Waals surface area contributed by atoms with Crippen molar-refractivity contribution in [2.75, 3.05) is 18.4 Å². The predicted octanol–water partition coefficient (Wildman–Crippen LogP) is 0.281. The van der Waals surface area contributed by atoms with Gasteiger partial charge in [0.2, 0.25) is 15.9 Å². The fourth-order valence-corrected chi connectivity index (χ4v) is 4.98. The molecule has 1 amide bonds. The summed E-state index contributed by atoms with van der Waals surface area (Å²) in [5.74, 6) is -0.174. The normalized spacial score (nSPS) is 16.0. The third-order valence-corrected chi connectivity index (χ3v) is 7.19. The number of piperidine rings is 1. The van der Waals surface area contributed by atoms with E-state index < -0.39 is 26.2 Å². The summed E-state index contributed by atoms with van der Waals surface area (Å²) in [6.45, 7) is 0.195. The van der Waals surface area contributed by atoms with Crippen LogP contribution in [0.3, 0.4) is 0 Å². The first-order valence-corrected chi connectivity index (χ1v) is 11.0. The van der Waals surface area contributed by atoms with E-state index in [2.05, 4.69) is 26.2 Å². The van der Waals surface area contributed by atoms with Gasteiger partial charge in [-0.05, 0) is 40.9 Å². The molecule has 1 saturated heterocycles. The van der Waals surface area contributed by atoms with Gasteiger partial charge in [-0.2, -0.15) is 4.31 Å². The predicted molar refractivity (Wildman–Crippen MR) is 109 cm³/mol. The Morgan fingerprint density at radius 3 is 2.45 bits per heavy atom. The van der Waals surface area contributed by atoms with Gasteiger partial charge >= 0.3 is 5.69 Å². The van der Waals surface area contributed by atoms with Gasteiger partial charge in [0.1, 0.15) is 5.82 Å². The monoisotopic (exact) mass is 485 g/mol. The summed E-state index contributed by atoms with van der Waals surface area (Å²) < 4.78 is 29.6. The summed E-state index contributed by atoms with van der Waals surface area (Å²) in [6.07, 6.45) is 3.23. The molecule has 1 aliphatic rings. The van der Waals surface area contributed by atoms with Crippen molar-refractivity contribution in [1.82, 2.24) is 18.4 Å². The molecule has 2 aromatic heterocycles. The molecule has 0 radical (unpaired) electrons. The van der Waals surface area contributed by atoms with Crippen molar-refractivity contribution in [3.63, 3.8) is 0 Å². The van der Waals surface area contributed by atoms with E-state index in [1.165, 1.54) is 18.4 Å². The lowest BCUT2D eigenvalue weighted by molar-refractivity contribution is -0.120. The zero-order valence-corrected chi connectivity index (χ0v) is 18.2. The Bertz CT molecular complexity index is 1150. The number of aromatic nitrogens is 3. The van der Waals surface area contributed by atoms with E-state index >= 15 is 0 Å². The first kappa shape index (κ1) is 21.4. The molecule has 10 nitrogen and oxygen atoms in total. The number of nitrogens with one attached hydrogen (secondary N) is 1. The van der Waals surface area contributed by atoms with Gasteiger partial charge in [-0.15, -0.1) is 0 Å². The van der Waals surface area contributed by atoms with Crippen LogP contribution in [0.4, 0.5) is 5.82 Å². The number of nitrogens with zero attached hydrogens (tertiary/aromatic N) is 4. The van der Waals surface area contributed by atoms with Gasteiger partial charge in [0, 0.05) is 50.0 Å². The fourth-order valence-electron chi connectivity index (χ4n) is 3.13. The minimum Gasteiger partial charge on any atom is -0.310 e. The van der Waals surface area contributed by atoms with Crippen molar-refractivity contribution in [3.8, 4) is 0 Å². The maximum absolute atomic E-state index is 12.9. The number of hydrogen-bond donors (Lipinski definition) is 1. The molecule has 0 unspecified atom stereocenters. The Balaban J connectivity index is 1.71. The average Bonchev–Trinajstić information content (AvgIpc) is 2.70. The zero-order valence-electron chi connectivity index (χ0n) is 15.8. The molecule has 0 aliphatic carbocycles. The molecule has 0 spiro atoms. The summed E-state index contributed by atoms with van der Waals surface area (Å²) in [5.41, 5.74) is -1.47. The Kier molecular flexibility index (Phi) is 6.05. The van der Waals surface area contributed by atoms with E-state index in [1.54, 1.807) is 18.3 Å². The molecule has 3 rings (SSSR count). The van der Waals surface area contributed by atoms with E-state index in [9.17, 15) is 22.8 Å². The van der Waals surface area contributed by atoms with Gasteiger partial charge < -0.3 is 9.88 Å². The molecule has 1 N–H and O–H groups in total. The van der Waals surface area contributed by atoms with Crippen molar-refractivity contribution >= 4 is 37.7 Å². The van der Waals surface area contributed by atoms with Crippen LogP contribution in [0, 0.1) is 5.92 Å². The van der Waals surface area contributed by atoms with Crippen LogP contribution in [0.25, 0.3) is 0 Å². The summed E-state index contributed by atoms with van der Waals surface area (Å²) in [6, 6.07) is 3.42. The van der Waals surface area contributed by atoms with E-state index in [1.807, 2.05) is 0 Å². The Hall–Kier alpha value is -2.31. The maximum Gasteiger partial charge on any atom is 0.330 e. The molecular formula is C17H20BrN5O5S. The highest BCUT2D eigenvalue weighted by Crippen LogP contribution is 2.23. The number of anilines is 1. The standard InChI is InChI=1S/C17H20BrN5O5S/c1-21-10-13(16(25)22(2)17(21)26)29(27,28)23-7-5-11(6-8-23)15(24)20-14-4-3-12(18)9-19-14/h3-4,9-11H,5-8H2,1-2H3,(H,19,20,24). The highest BCUT2D eigenvalue weighted by molar-refractivity contribution is 9.10. The van der Waals surface area contributed by atoms with Gasteiger partial charge in [-0.1, -0.05) is 0 Å². The Morgan fingerprint density at radius 2 is 1.86 bits per heavy atom. The highest BCUT2D eigenvalue weighted by Gasteiger charge is 2.34. The third kappa shape index (κ3) is 4.33. The molecule has 156 valence electrons. The zero-order chi connectivity index (χ0) is 21.3. The lowest BCUT2D eigenvalue weighted by Gasteiger charge is -2.30. The third-order valence-electron chi connectivity index (χ3n) is 4.84. The van der Waals surface area contributed by atoms with Crippen LogP contribution in [0.5, 0.6) is 0 Å². The quantitative estimate of drug-likeness (QED) is 0.663. The van der Waals surface area contributed by atoms with Crippen LogP contribution in [0.1, 0.15) is 12.8 Å². The van der Waals surface area contributed by atoms with Gasteiger partial charge in [-0.25, -0.2) is 18.2 Å². The number of aryl methyl sites for hydroxylation is 1. The first-order valence-electron chi connectivity index (χ1n) is 8.80. The number of amides is 1. The Morgan fingerprint density at radius 1 is 1.21 bits per heavy atom. The fraction of sp³-hybridized carbons (Fsp3) is 0.412. The number of carbonyl (C=O) groups is 1. The van der Waals surface area contributed by atoms with Gasteiger partial charge in [-0.3, -0.25) is 14.2 Å². The van der Waals surface area contributed by atoms with Crippen molar-refractivity contribution in [2.24, 2.45) is 20.0 Å². The second-order valence-corrected chi connectivity index (χ2v) is 9.60. The van der Waals surface area contributed by atoms with E-state index in [-0.39, 0.29) is 24.9 Å². The topological polar surface area (TPSA) is 123 Å². The number of carbonyl (C=O) groups excluding carboxylic acids is 1. The van der Waals surface area contributed by atoms with E-state index in [4.69, 9.17) is 0 Å². The summed E-state index contributed by atoms with van der Waals surface area (Å²) in [5, 5.41) is 2.72. The molecule has 2 aromatic rings. The number of halogens is 1. The van der Waals surface area contributed by atoms with Crippen LogP contribution in [0.15, 0.2) is 43.5 Å². The van der Waals surface area contributed by atoms with Crippen LogP contribution < -0.4 is 16.6 Å². The lowest BCUT2D eigenvalue weighted by Crippen LogP contribution is -2.45. The molecule has 1 fully saturated rings. The molecule has 3 heterocycles. The van der Waals surface area contributed by atoms with Crippen molar-refractivity contribution in [1.29, 1.82) is 0 Å². The van der Waals surface area contributed by atoms with E-state index in [0.717, 1.165) is 19.8 Å². The molecule has 0 saturated carbocycles. The van der Waals surface area contributed by atoms with Crippen LogP contribution >= 0.6 is 15.9 Å². The maximum atomic E-state index is 12.9. The summed E-state index contributed by atoms with van der Waals surface area (Å²) >= 11 is 3.27. The first-order chi connectivity index (χ1) is 13.6. The second-order valence-electron chi connectivity index (χ2n) is 6.78. The number of rotatable bonds is 4. The van der Waals surface area contributed by atoms with Crippen molar-refractivity contribution < 1.29 is 13.2 Å². The molecule has 0 atom stereocenters. The number of hydrogen-bond acceptors (Lipinski definition) is 6. The molecule has 0 aromatic carbocycles. The number of sulfonamides is 1. The average molecular weight is 486 g/mol. The number of pyridine rings is 1. The molecule has 12 heteroatoms. The largest absolute Gasteiger partial charge is 0.330 e. The lowest BCUT2D eigenvalue weighted by atomic mass is 9.97. The molecule has 0 bridgehead atoms. The van der Waals surface area contributed by atoms with Crippen LogP contribution in [-0.4, -0.2) is 45.8 Å². The van der Waals surface area contributed by atoms with Crippen molar-refractivity contribution in [3.05, 3.63) is 49.8 Å². The second kappa shape index (κ2) is 8.20. The van der Waals surface area contributed by atoms with Crippen LogP contribution in [0.2, 0.25) is 0 Å². The van der Waals surface area contributed by atoms with Crippen molar-refractivity contribution in [2.45, 2.75) is 17.7 Å². The van der Waals surface area contributed by atoms with Gasteiger partial charge in [0.05, 0.1) is 0 Å². The minimum atomic E-state index is -4.08. The molecular weight excluding hydrogens is 466 g/mol. The smallest absolute Gasteiger partial charge is 0.310 e. The highest BCUT2D eigenvalue weighted by atomic mass is 79.9. The molecule has 1 aliphatic heterocycles. The summed E-state index contributed by atoms with van der Waals surface area (Å²) in [4.78, 5) is 40.2. The van der Waals surface area contributed by atoms with Gasteiger partial charge in [0.25, 0.3) is 5.56 Å².